The molecule has 0 fully saturated rings. The van der Waals surface area contributed by atoms with E-state index in [-0.39, 0.29) is 12.2 Å². The van der Waals surface area contributed by atoms with Crippen LogP contribution in [-0.4, -0.2) is 42.6 Å². The third kappa shape index (κ3) is 3.54. The molecule has 0 aliphatic carbocycles. The molecule has 6 heteroatoms. The van der Waals surface area contributed by atoms with Crippen molar-refractivity contribution in [3.05, 3.63) is 35.4 Å². The van der Waals surface area contributed by atoms with E-state index < -0.39 is 16.0 Å². The summed E-state index contributed by atoms with van der Waals surface area (Å²) in [6, 6.07) is 7.94. The minimum Gasteiger partial charge on any atom is -0.481 e. The number of rotatable bonds is 4. The highest BCUT2D eigenvalue weighted by Crippen LogP contribution is 2.17. The van der Waals surface area contributed by atoms with Gasteiger partial charge in [0.15, 0.2) is 0 Å². The van der Waals surface area contributed by atoms with E-state index in [9.17, 15) is 13.2 Å². The van der Waals surface area contributed by atoms with Gasteiger partial charge in [0.25, 0.3) is 0 Å². The number of nitrogens with zero attached hydrogens (tertiary/aromatic N) is 1. The van der Waals surface area contributed by atoms with E-state index in [2.05, 4.69) is 0 Å². The van der Waals surface area contributed by atoms with Gasteiger partial charge in [-0.3, -0.25) is 4.79 Å². The van der Waals surface area contributed by atoms with E-state index in [0.717, 1.165) is 0 Å². The first-order valence-electron chi connectivity index (χ1n) is 6.25. The highest BCUT2D eigenvalue weighted by molar-refractivity contribution is 7.89. The molecule has 1 aliphatic rings. The van der Waals surface area contributed by atoms with Gasteiger partial charge in [0.2, 0.25) is 10.0 Å². The van der Waals surface area contributed by atoms with Crippen LogP contribution in [0.15, 0.2) is 24.3 Å². The van der Waals surface area contributed by atoms with E-state index in [1.54, 1.807) is 0 Å². The van der Waals surface area contributed by atoms with Crippen molar-refractivity contribution in [1.29, 1.82) is 0 Å². The Kier molecular flexibility index (Phi) is 4.21. The molecule has 1 aromatic rings. The Labute approximate surface area is 112 Å². The minimum atomic E-state index is -3.47. The second-order valence-corrected chi connectivity index (χ2v) is 6.72. The number of carboxylic acid groups (broad SMARTS) is 1. The normalized spacial score (nSPS) is 16.6. The number of aliphatic carboxylic acids is 1. The third-order valence-corrected chi connectivity index (χ3v) is 5.22. The summed E-state index contributed by atoms with van der Waals surface area (Å²) in [5, 5.41) is 8.59. The molecule has 0 saturated heterocycles. The predicted octanol–water partition coefficient (Wildman–Crippen LogP) is 0.892. The van der Waals surface area contributed by atoms with Gasteiger partial charge in [0.1, 0.15) is 0 Å². The van der Waals surface area contributed by atoms with Crippen LogP contribution >= 0.6 is 0 Å². The minimum absolute atomic E-state index is 0.321. The van der Waals surface area contributed by atoms with Crippen LogP contribution in [0.25, 0.3) is 0 Å². The fourth-order valence-electron chi connectivity index (χ4n) is 2.27. The molecule has 1 aromatic carbocycles. The van der Waals surface area contributed by atoms with E-state index in [4.69, 9.17) is 5.11 Å². The van der Waals surface area contributed by atoms with Crippen molar-refractivity contribution in [3.63, 3.8) is 0 Å². The molecule has 0 amide bonds. The molecule has 5 nitrogen and oxygen atoms in total. The summed E-state index contributed by atoms with van der Waals surface area (Å²) in [5.74, 6) is -1.40. The van der Waals surface area contributed by atoms with Crippen LogP contribution in [0.4, 0.5) is 0 Å². The van der Waals surface area contributed by atoms with Gasteiger partial charge in [-0.1, -0.05) is 24.3 Å². The third-order valence-electron chi connectivity index (χ3n) is 3.35. The molecule has 2 rings (SSSR count). The lowest BCUT2D eigenvalue weighted by atomic mass is 10.0. The second-order valence-electron chi connectivity index (χ2n) is 4.63. The first kappa shape index (κ1) is 14.0. The summed E-state index contributed by atoms with van der Waals surface area (Å²) < 4.78 is 25.5. The molecule has 19 heavy (non-hydrogen) atoms. The summed E-state index contributed by atoms with van der Waals surface area (Å²) >= 11 is 0. The quantitative estimate of drug-likeness (QED) is 0.890. The van der Waals surface area contributed by atoms with Gasteiger partial charge in [-0.05, 0) is 24.0 Å². The van der Waals surface area contributed by atoms with Crippen LogP contribution in [0.5, 0.6) is 0 Å². The van der Waals surface area contributed by atoms with Crippen LogP contribution in [-0.2, 0) is 27.7 Å². The summed E-state index contributed by atoms with van der Waals surface area (Å²) in [5.41, 5.74) is 2.36. The summed E-state index contributed by atoms with van der Waals surface area (Å²) in [6.07, 6.45) is 1.02. The zero-order valence-electron chi connectivity index (χ0n) is 10.6. The van der Waals surface area contributed by atoms with E-state index >= 15 is 0 Å². The summed E-state index contributed by atoms with van der Waals surface area (Å²) in [7, 11) is -3.47. The number of hydrogen-bond acceptors (Lipinski definition) is 3. The molecule has 0 bridgehead atoms. The van der Waals surface area contributed by atoms with Crippen molar-refractivity contribution in [3.8, 4) is 0 Å². The molecule has 0 spiro atoms. The van der Waals surface area contributed by atoms with Crippen molar-refractivity contribution in [1.82, 2.24) is 4.31 Å². The monoisotopic (exact) mass is 283 g/mol. The summed E-state index contributed by atoms with van der Waals surface area (Å²) in [6.45, 7) is 0.859. The average molecular weight is 283 g/mol. The molecular weight excluding hydrogens is 266 g/mol. The van der Waals surface area contributed by atoms with Crippen molar-refractivity contribution < 1.29 is 18.3 Å². The molecule has 0 radical (unpaired) electrons. The van der Waals surface area contributed by atoms with E-state index in [1.807, 2.05) is 24.3 Å². The number of sulfonamides is 1. The van der Waals surface area contributed by atoms with Crippen LogP contribution in [0, 0.1) is 0 Å². The lowest BCUT2D eigenvalue weighted by molar-refractivity contribution is -0.136. The lowest BCUT2D eigenvalue weighted by Gasteiger charge is -2.19. The maximum Gasteiger partial charge on any atom is 0.304 e. The van der Waals surface area contributed by atoms with Crippen LogP contribution in [0.3, 0.4) is 0 Å². The SMILES string of the molecule is O=C(O)CCS(=O)(=O)N1CCc2ccccc2CC1. The van der Waals surface area contributed by atoms with Gasteiger partial charge >= 0.3 is 5.97 Å². The Balaban J connectivity index is 2.07. The van der Waals surface area contributed by atoms with Gasteiger partial charge in [0, 0.05) is 13.1 Å². The van der Waals surface area contributed by atoms with Gasteiger partial charge in [-0.15, -0.1) is 0 Å². The average Bonchev–Trinajstić information content (AvgIpc) is 2.59. The maximum atomic E-state index is 12.1. The Hall–Kier alpha value is -1.40. The molecule has 104 valence electrons. The Morgan fingerprint density at radius 2 is 1.68 bits per heavy atom. The van der Waals surface area contributed by atoms with E-state index in [0.29, 0.717) is 25.9 Å². The van der Waals surface area contributed by atoms with Crippen molar-refractivity contribution >= 4 is 16.0 Å². The van der Waals surface area contributed by atoms with Gasteiger partial charge in [-0.2, -0.15) is 0 Å². The topological polar surface area (TPSA) is 74.7 Å². The van der Waals surface area contributed by atoms with Gasteiger partial charge < -0.3 is 5.11 Å². The zero-order valence-corrected chi connectivity index (χ0v) is 11.4. The van der Waals surface area contributed by atoms with Crippen LogP contribution < -0.4 is 0 Å². The zero-order chi connectivity index (χ0) is 13.9. The van der Waals surface area contributed by atoms with Crippen molar-refractivity contribution in [2.45, 2.75) is 19.3 Å². The lowest BCUT2D eigenvalue weighted by Crippen LogP contribution is -2.35. The number of carboxylic acids is 1. The largest absolute Gasteiger partial charge is 0.481 e. The second kappa shape index (κ2) is 5.71. The first-order valence-corrected chi connectivity index (χ1v) is 7.86. The van der Waals surface area contributed by atoms with E-state index in [1.165, 1.54) is 15.4 Å². The number of fused-ring (bicyclic) bond motifs is 1. The number of carbonyl (C=O) groups is 1. The standard InChI is InChI=1S/C13H17NO4S/c15-13(16)7-10-19(17,18)14-8-5-11-3-1-2-4-12(11)6-9-14/h1-4H,5-10H2,(H,15,16). The molecule has 0 atom stereocenters. The number of hydrogen-bond donors (Lipinski definition) is 1. The fraction of sp³-hybridized carbons (Fsp3) is 0.462. The molecule has 0 aromatic heterocycles. The van der Waals surface area contributed by atoms with Gasteiger partial charge in [-0.25, -0.2) is 12.7 Å². The Bertz CT molecular complexity index is 541. The molecular formula is C13H17NO4S. The summed E-state index contributed by atoms with van der Waals surface area (Å²) in [4.78, 5) is 10.5. The fourth-order valence-corrected chi connectivity index (χ4v) is 3.70. The Morgan fingerprint density at radius 3 is 2.16 bits per heavy atom. The smallest absolute Gasteiger partial charge is 0.304 e. The van der Waals surface area contributed by atoms with Crippen molar-refractivity contribution in [2.24, 2.45) is 0 Å². The number of benzene rings is 1. The van der Waals surface area contributed by atoms with Crippen LogP contribution in [0.1, 0.15) is 17.5 Å². The highest BCUT2D eigenvalue weighted by atomic mass is 32.2. The molecule has 0 saturated carbocycles. The molecule has 1 N–H and O–H groups in total. The van der Waals surface area contributed by atoms with Crippen molar-refractivity contribution in [2.75, 3.05) is 18.8 Å². The Morgan fingerprint density at radius 1 is 1.16 bits per heavy atom. The molecule has 1 aliphatic heterocycles. The van der Waals surface area contributed by atoms with Crippen LogP contribution in [0.2, 0.25) is 0 Å². The van der Waals surface area contributed by atoms with Gasteiger partial charge in [0.05, 0.1) is 12.2 Å². The maximum absolute atomic E-state index is 12.1. The highest BCUT2D eigenvalue weighted by Gasteiger charge is 2.25. The molecule has 0 unspecified atom stereocenters. The first-order chi connectivity index (χ1) is 8.99. The predicted molar refractivity (Wildman–Crippen MR) is 71.5 cm³/mol. The molecule has 1 heterocycles.